The highest BCUT2D eigenvalue weighted by Crippen LogP contribution is 2.40. The summed E-state index contributed by atoms with van der Waals surface area (Å²) in [6.45, 7) is 9.19. The maximum atomic E-state index is 13.2. The normalized spacial score (nSPS) is 23.7. The molecule has 0 N–H and O–H groups in total. The van der Waals surface area contributed by atoms with Gasteiger partial charge in [-0.15, -0.1) is 0 Å². The van der Waals surface area contributed by atoms with E-state index in [0.29, 0.717) is 5.96 Å². The van der Waals surface area contributed by atoms with Crippen LogP contribution in [0.4, 0.5) is 10.5 Å². The summed E-state index contributed by atoms with van der Waals surface area (Å²) in [6.07, 6.45) is -0.621. The van der Waals surface area contributed by atoms with Gasteiger partial charge in [-0.25, -0.2) is 9.79 Å². The third-order valence-corrected chi connectivity index (χ3v) is 5.87. The molecule has 4 rings (SSSR count). The standard InChI is InChI=1S/C21H25N5O3/c1-11-7-8-16(12(2)9-11)25-14(4)15(5)26-17-18(22-20(25)26)23(6)21(29)24(19(17)28)10-13(3)27/h7-9,17-18H,10H2,1-6H3. The van der Waals surface area contributed by atoms with E-state index in [-0.39, 0.29) is 18.2 Å². The number of ketones is 1. The van der Waals surface area contributed by atoms with Gasteiger partial charge in [0.15, 0.2) is 12.2 Å². The molecule has 29 heavy (non-hydrogen) atoms. The van der Waals surface area contributed by atoms with Gasteiger partial charge in [0.05, 0.1) is 12.2 Å². The van der Waals surface area contributed by atoms with Crippen LogP contribution in [0.2, 0.25) is 0 Å². The van der Waals surface area contributed by atoms with E-state index in [0.717, 1.165) is 27.5 Å². The van der Waals surface area contributed by atoms with Crippen LogP contribution in [-0.2, 0) is 9.59 Å². The number of imide groups is 1. The number of fused-ring (bicyclic) bond motifs is 3. The van der Waals surface area contributed by atoms with Gasteiger partial charge in [-0.1, -0.05) is 17.7 Å². The molecule has 3 aliphatic heterocycles. The second-order valence-electron chi connectivity index (χ2n) is 7.97. The van der Waals surface area contributed by atoms with Gasteiger partial charge in [0.2, 0.25) is 5.96 Å². The van der Waals surface area contributed by atoms with Crippen molar-refractivity contribution in [3.63, 3.8) is 0 Å². The molecule has 0 aliphatic carbocycles. The van der Waals surface area contributed by atoms with Gasteiger partial charge in [0.25, 0.3) is 5.91 Å². The van der Waals surface area contributed by atoms with E-state index in [1.165, 1.54) is 17.4 Å². The largest absolute Gasteiger partial charge is 0.328 e. The molecule has 8 heteroatoms. The van der Waals surface area contributed by atoms with Crippen LogP contribution in [0, 0.1) is 13.8 Å². The molecule has 1 aromatic rings. The molecule has 2 atom stereocenters. The molecule has 0 radical (unpaired) electrons. The first kappa shape index (κ1) is 19.2. The van der Waals surface area contributed by atoms with Gasteiger partial charge in [0, 0.05) is 18.4 Å². The number of benzene rings is 1. The first-order chi connectivity index (χ1) is 13.6. The van der Waals surface area contributed by atoms with Gasteiger partial charge >= 0.3 is 6.03 Å². The third kappa shape index (κ3) is 2.66. The van der Waals surface area contributed by atoms with Gasteiger partial charge in [-0.05, 0) is 46.2 Å². The Morgan fingerprint density at radius 1 is 1.10 bits per heavy atom. The van der Waals surface area contributed by atoms with Crippen LogP contribution in [0.15, 0.2) is 34.6 Å². The van der Waals surface area contributed by atoms with Crippen molar-refractivity contribution in [2.24, 2.45) is 4.99 Å². The highest BCUT2D eigenvalue weighted by atomic mass is 16.2. The van der Waals surface area contributed by atoms with E-state index >= 15 is 0 Å². The molecule has 2 unspecified atom stereocenters. The van der Waals surface area contributed by atoms with Gasteiger partial charge in [-0.2, -0.15) is 0 Å². The average Bonchev–Trinajstić information content (AvgIpc) is 3.14. The number of carbonyl (C=O) groups excluding carboxylic acids is 3. The number of guanidine groups is 1. The van der Waals surface area contributed by atoms with Crippen molar-refractivity contribution in [2.45, 2.75) is 46.8 Å². The van der Waals surface area contributed by atoms with Crippen LogP contribution in [0.25, 0.3) is 0 Å². The number of allylic oxidation sites excluding steroid dienone is 2. The Balaban J connectivity index is 1.79. The summed E-state index contributed by atoms with van der Waals surface area (Å²) in [7, 11) is 1.62. The van der Waals surface area contributed by atoms with Crippen molar-refractivity contribution in [3.05, 3.63) is 40.7 Å². The second kappa shape index (κ2) is 6.43. The zero-order valence-electron chi connectivity index (χ0n) is 17.6. The molecule has 1 fully saturated rings. The van der Waals surface area contributed by atoms with Crippen molar-refractivity contribution >= 4 is 29.4 Å². The summed E-state index contributed by atoms with van der Waals surface area (Å²) in [5.74, 6) is 0.0146. The number of urea groups is 1. The quantitative estimate of drug-likeness (QED) is 0.784. The van der Waals surface area contributed by atoms with Crippen LogP contribution >= 0.6 is 0 Å². The number of aryl methyl sites for hydroxylation is 2. The van der Waals surface area contributed by atoms with E-state index in [9.17, 15) is 14.4 Å². The van der Waals surface area contributed by atoms with E-state index in [4.69, 9.17) is 4.99 Å². The molecule has 1 aromatic carbocycles. The van der Waals surface area contributed by atoms with E-state index in [1.807, 2.05) is 49.6 Å². The average molecular weight is 395 g/mol. The SMILES string of the molecule is CC(=O)CN1C(=O)C2C(N=C3N(c4ccc(C)cc4C)C(C)=C(C)N32)N(C)C1=O. The maximum absolute atomic E-state index is 13.2. The number of hydrogen-bond donors (Lipinski definition) is 0. The predicted molar refractivity (Wildman–Crippen MR) is 109 cm³/mol. The highest BCUT2D eigenvalue weighted by Gasteiger charge is 2.56. The molecule has 152 valence electrons. The molecule has 0 bridgehead atoms. The summed E-state index contributed by atoms with van der Waals surface area (Å²) in [5, 5.41) is 0. The number of likely N-dealkylation sites (N-methyl/N-ethyl adjacent to an activating group) is 1. The number of Topliss-reactive ketones (excluding diaryl/α,β-unsaturated/α-hetero) is 1. The van der Waals surface area contributed by atoms with E-state index in [1.54, 1.807) is 7.05 Å². The molecule has 0 spiro atoms. The minimum absolute atomic E-state index is 0.225. The number of aliphatic imine (C=N–C) groups is 1. The summed E-state index contributed by atoms with van der Waals surface area (Å²) in [6, 6.07) is 5.05. The highest BCUT2D eigenvalue weighted by molar-refractivity contribution is 6.11. The first-order valence-electron chi connectivity index (χ1n) is 9.63. The fourth-order valence-electron chi connectivity index (χ4n) is 4.33. The monoisotopic (exact) mass is 395 g/mol. The second-order valence-corrected chi connectivity index (χ2v) is 7.97. The van der Waals surface area contributed by atoms with Crippen molar-refractivity contribution in [1.82, 2.24) is 14.7 Å². The Kier molecular flexibility index (Phi) is 4.25. The number of hydrogen-bond acceptors (Lipinski definition) is 6. The van der Waals surface area contributed by atoms with Crippen LogP contribution in [-0.4, -0.2) is 64.2 Å². The smallest absolute Gasteiger partial charge is 0.302 e. The van der Waals surface area contributed by atoms with Crippen molar-refractivity contribution in [1.29, 1.82) is 0 Å². The lowest BCUT2D eigenvalue weighted by atomic mass is 10.1. The number of anilines is 1. The lowest BCUT2D eigenvalue weighted by Crippen LogP contribution is -2.65. The van der Waals surface area contributed by atoms with Crippen molar-refractivity contribution < 1.29 is 14.4 Å². The molecule has 1 saturated heterocycles. The minimum atomic E-state index is -0.669. The number of carbonyl (C=O) groups is 3. The Hall–Kier alpha value is -3.16. The minimum Gasteiger partial charge on any atom is -0.302 e. The Morgan fingerprint density at radius 2 is 1.79 bits per heavy atom. The van der Waals surface area contributed by atoms with Crippen LogP contribution in [0.3, 0.4) is 0 Å². The number of nitrogens with zero attached hydrogens (tertiary/aromatic N) is 5. The Morgan fingerprint density at radius 3 is 2.41 bits per heavy atom. The maximum Gasteiger partial charge on any atom is 0.328 e. The van der Waals surface area contributed by atoms with E-state index in [2.05, 4.69) is 6.07 Å². The van der Waals surface area contributed by atoms with Crippen molar-refractivity contribution in [2.75, 3.05) is 18.5 Å². The zero-order valence-corrected chi connectivity index (χ0v) is 17.6. The van der Waals surface area contributed by atoms with Crippen LogP contribution in [0.5, 0.6) is 0 Å². The molecule has 3 heterocycles. The lowest BCUT2D eigenvalue weighted by molar-refractivity contribution is -0.139. The molecular weight excluding hydrogens is 370 g/mol. The van der Waals surface area contributed by atoms with E-state index < -0.39 is 18.2 Å². The Bertz CT molecular complexity index is 1010. The van der Waals surface area contributed by atoms with Gasteiger partial charge in [-0.3, -0.25) is 24.3 Å². The number of amides is 3. The molecule has 3 amide bonds. The zero-order chi connectivity index (χ0) is 21.2. The predicted octanol–water partition coefficient (Wildman–Crippen LogP) is 2.22. The van der Waals surface area contributed by atoms with Crippen molar-refractivity contribution in [3.8, 4) is 0 Å². The number of rotatable bonds is 3. The summed E-state index contributed by atoms with van der Waals surface area (Å²) < 4.78 is 0. The molecule has 0 saturated carbocycles. The molecule has 0 aromatic heterocycles. The molecule has 8 nitrogen and oxygen atoms in total. The first-order valence-corrected chi connectivity index (χ1v) is 9.63. The summed E-state index contributed by atoms with van der Waals surface area (Å²) >= 11 is 0. The van der Waals surface area contributed by atoms with Gasteiger partial charge in [0.1, 0.15) is 5.78 Å². The van der Waals surface area contributed by atoms with Crippen LogP contribution < -0.4 is 4.90 Å². The topological polar surface area (TPSA) is 76.5 Å². The summed E-state index contributed by atoms with van der Waals surface area (Å²) in [5.41, 5.74) is 5.16. The molecule has 3 aliphatic rings. The van der Waals surface area contributed by atoms with Crippen LogP contribution in [0.1, 0.15) is 31.9 Å². The fraction of sp³-hybridized carbons (Fsp3) is 0.429. The fourth-order valence-corrected chi connectivity index (χ4v) is 4.33. The van der Waals surface area contributed by atoms with Gasteiger partial charge < -0.3 is 4.90 Å². The Labute approximate surface area is 170 Å². The summed E-state index contributed by atoms with van der Waals surface area (Å²) in [4.78, 5) is 48.7. The third-order valence-electron chi connectivity index (χ3n) is 5.87. The molecular formula is C21H25N5O3. The lowest BCUT2D eigenvalue weighted by Gasteiger charge is -2.40.